The third-order valence-corrected chi connectivity index (χ3v) is 5.50. The molecule has 0 spiro atoms. The molecule has 1 heterocycles. The van der Waals surface area contributed by atoms with Gasteiger partial charge in [-0.3, -0.25) is 4.79 Å². The summed E-state index contributed by atoms with van der Waals surface area (Å²) >= 11 is 1.81. The van der Waals surface area contributed by atoms with Crippen LogP contribution in [0.5, 0.6) is 0 Å². The smallest absolute Gasteiger partial charge is 0.251 e. The number of anilines is 1. The largest absolute Gasteiger partial charge is 0.365 e. The molecule has 0 unspecified atom stereocenters. The molecule has 0 saturated carbocycles. The first kappa shape index (κ1) is 17.8. The lowest BCUT2D eigenvalue weighted by Gasteiger charge is -2.31. The molecule has 3 rings (SSSR count). The summed E-state index contributed by atoms with van der Waals surface area (Å²) in [5, 5.41) is 3.02. The molecule has 1 aliphatic rings. The van der Waals surface area contributed by atoms with Crippen LogP contribution < -0.4 is 10.2 Å². The maximum absolute atomic E-state index is 13.1. The van der Waals surface area contributed by atoms with Crippen molar-refractivity contribution in [2.24, 2.45) is 0 Å². The molecule has 5 heteroatoms. The summed E-state index contributed by atoms with van der Waals surface area (Å²) in [4.78, 5) is 15.9. The van der Waals surface area contributed by atoms with E-state index >= 15 is 0 Å². The molecule has 0 aliphatic carbocycles. The highest BCUT2D eigenvalue weighted by Crippen LogP contribution is 2.36. The number of nitrogens with one attached hydrogen (secondary N) is 1. The Morgan fingerprint density at radius 2 is 2.04 bits per heavy atom. The van der Waals surface area contributed by atoms with Crippen molar-refractivity contribution < 1.29 is 9.18 Å². The third-order valence-electron chi connectivity index (χ3n) is 4.46. The highest BCUT2D eigenvalue weighted by atomic mass is 32.2. The van der Waals surface area contributed by atoms with Gasteiger partial charge in [0.25, 0.3) is 5.91 Å². The maximum atomic E-state index is 13.1. The maximum Gasteiger partial charge on any atom is 0.251 e. The van der Waals surface area contributed by atoms with Crippen LogP contribution in [0.25, 0.3) is 0 Å². The number of benzene rings is 2. The minimum Gasteiger partial charge on any atom is -0.365 e. The zero-order chi connectivity index (χ0) is 17.8. The molecule has 2 aromatic carbocycles. The van der Waals surface area contributed by atoms with Gasteiger partial charge in [0, 0.05) is 35.3 Å². The standard InChI is InChI=1S/C20H23FN2OS/c1-3-14(2)22-20(24)16-6-9-19-18(12-16)23(10-11-25-19)13-15-4-7-17(21)8-5-15/h4-9,12,14H,3,10-11,13H2,1-2H3,(H,22,24)/t14-/m0/s1. The van der Waals surface area contributed by atoms with Gasteiger partial charge in [-0.15, -0.1) is 11.8 Å². The number of rotatable bonds is 5. The summed E-state index contributed by atoms with van der Waals surface area (Å²) in [5.41, 5.74) is 2.83. The zero-order valence-electron chi connectivity index (χ0n) is 14.6. The fourth-order valence-electron chi connectivity index (χ4n) is 2.80. The quantitative estimate of drug-likeness (QED) is 0.856. The molecule has 0 radical (unpaired) electrons. The Balaban J connectivity index is 1.82. The summed E-state index contributed by atoms with van der Waals surface area (Å²) in [6, 6.07) is 12.7. The first-order chi connectivity index (χ1) is 12.1. The van der Waals surface area contributed by atoms with Gasteiger partial charge in [-0.1, -0.05) is 19.1 Å². The van der Waals surface area contributed by atoms with E-state index in [1.165, 1.54) is 17.0 Å². The Kier molecular flexibility index (Phi) is 5.63. The summed E-state index contributed by atoms with van der Waals surface area (Å²) in [7, 11) is 0. The molecular weight excluding hydrogens is 335 g/mol. The van der Waals surface area contributed by atoms with E-state index in [1.54, 1.807) is 0 Å². The number of amides is 1. The van der Waals surface area contributed by atoms with E-state index in [4.69, 9.17) is 0 Å². The van der Waals surface area contributed by atoms with Crippen molar-refractivity contribution in [3.8, 4) is 0 Å². The topological polar surface area (TPSA) is 32.3 Å². The fraction of sp³-hybridized carbons (Fsp3) is 0.350. The van der Waals surface area contributed by atoms with E-state index in [0.717, 1.165) is 30.0 Å². The number of fused-ring (bicyclic) bond motifs is 1. The van der Waals surface area contributed by atoms with Crippen molar-refractivity contribution in [3.05, 3.63) is 59.4 Å². The number of nitrogens with zero attached hydrogens (tertiary/aromatic N) is 1. The summed E-state index contributed by atoms with van der Waals surface area (Å²) < 4.78 is 13.1. The number of carbonyl (C=O) groups is 1. The summed E-state index contributed by atoms with van der Waals surface area (Å²) in [6.07, 6.45) is 0.906. The number of carbonyl (C=O) groups excluding carboxylic acids is 1. The molecule has 1 atom stereocenters. The Labute approximate surface area is 152 Å². The van der Waals surface area contributed by atoms with E-state index in [1.807, 2.05) is 49.0 Å². The first-order valence-electron chi connectivity index (χ1n) is 8.64. The lowest BCUT2D eigenvalue weighted by Crippen LogP contribution is -2.33. The van der Waals surface area contributed by atoms with Crippen LogP contribution in [0.1, 0.15) is 36.2 Å². The number of hydrogen-bond donors (Lipinski definition) is 1. The van der Waals surface area contributed by atoms with Crippen molar-refractivity contribution in [3.63, 3.8) is 0 Å². The molecule has 1 N–H and O–H groups in total. The molecule has 132 valence electrons. The Morgan fingerprint density at radius 1 is 1.28 bits per heavy atom. The van der Waals surface area contributed by atoms with Crippen LogP contribution in [0.4, 0.5) is 10.1 Å². The molecule has 0 bridgehead atoms. The van der Waals surface area contributed by atoms with Crippen LogP contribution in [-0.2, 0) is 6.54 Å². The molecule has 25 heavy (non-hydrogen) atoms. The number of hydrogen-bond acceptors (Lipinski definition) is 3. The van der Waals surface area contributed by atoms with Crippen molar-refractivity contribution in [2.45, 2.75) is 37.8 Å². The predicted molar refractivity (Wildman–Crippen MR) is 102 cm³/mol. The molecule has 2 aromatic rings. The van der Waals surface area contributed by atoms with Crippen LogP contribution in [0.3, 0.4) is 0 Å². The van der Waals surface area contributed by atoms with Gasteiger partial charge in [-0.25, -0.2) is 4.39 Å². The van der Waals surface area contributed by atoms with Gasteiger partial charge < -0.3 is 10.2 Å². The van der Waals surface area contributed by atoms with E-state index in [9.17, 15) is 9.18 Å². The Hall–Kier alpha value is -2.01. The second-order valence-corrected chi connectivity index (χ2v) is 7.50. The van der Waals surface area contributed by atoms with Crippen LogP contribution >= 0.6 is 11.8 Å². The predicted octanol–water partition coefficient (Wildman–Crippen LogP) is 4.47. The molecule has 0 saturated heterocycles. The van der Waals surface area contributed by atoms with Crippen LogP contribution in [0.15, 0.2) is 47.4 Å². The number of thioether (sulfide) groups is 1. The van der Waals surface area contributed by atoms with E-state index in [2.05, 4.69) is 17.1 Å². The van der Waals surface area contributed by atoms with E-state index < -0.39 is 0 Å². The van der Waals surface area contributed by atoms with Gasteiger partial charge in [-0.05, 0) is 49.2 Å². The minimum absolute atomic E-state index is 0.0329. The van der Waals surface area contributed by atoms with Crippen molar-refractivity contribution in [1.29, 1.82) is 0 Å². The summed E-state index contributed by atoms with van der Waals surface area (Å²) in [5.74, 6) is 0.754. The second-order valence-electron chi connectivity index (χ2n) is 6.36. The van der Waals surface area contributed by atoms with Crippen molar-refractivity contribution >= 4 is 23.4 Å². The van der Waals surface area contributed by atoms with E-state index in [-0.39, 0.29) is 17.8 Å². The zero-order valence-corrected chi connectivity index (χ0v) is 15.4. The van der Waals surface area contributed by atoms with Gasteiger partial charge in [0.1, 0.15) is 5.82 Å². The first-order valence-corrected chi connectivity index (χ1v) is 9.62. The van der Waals surface area contributed by atoms with Crippen LogP contribution in [-0.4, -0.2) is 24.2 Å². The monoisotopic (exact) mass is 358 g/mol. The van der Waals surface area contributed by atoms with Gasteiger partial charge in [0.15, 0.2) is 0 Å². The molecular formula is C20H23FN2OS. The minimum atomic E-state index is -0.220. The molecule has 3 nitrogen and oxygen atoms in total. The molecule has 0 aromatic heterocycles. The molecule has 1 amide bonds. The fourth-order valence-corrected chi connectivity index (χ4v) is 3.83. The highest BCUT2D eigenvalue weighted by Gasteiger charge is 2.20. The summed E-state index contributed by atoms with van der Waals surface area (Å²) in [6.45, 7) is 5.68. The Morgan fingerprint density at radius 3 is 2.76 bits per heavy atom. The molecule has 0 fully saturated rings. The van der Waals surface area contributed by atoms with Crippen LogP contribution in [0, 0.1) is 5.82 Å². The third kappa shape index (κ3) is 4.34. The van der Waals surface area contributed by atoms with Crippen LogP contribution in [0.2, 0.25) is 0 Å². The normalized spacial score (nSPS) is 14.8. The van der Waals surface area contributed by atoms with Gasteiger partial charge in [0.2, 0.25) is 0 Å². The average Bonchev–Trinajstić information content (AvgIpc) is 2.63. The Bertz CT molecular complexity index is 748. The van der Waals surface area contributed by atoms with Crippen molar-refractivity contribution in [1.82, 2.24) is 5.32 Å². The number of halogens is 1. The highest BCUT2D eigenvalue weighted by molar-refractivity contribution is 7.99. The average molecular weight is 358 g/mol. The van der Waals surface area contributed by atoms with Crippen molar-refractivity contribution in [2.75, 3.05) is 17.2 Å². The van der Waals surface area contributed by atoms with Gasteiger partial charge in [-0.2, -0.15) is 0 Å². The van der Waals surface area contributed by atoms with E-state index in [0.29, 0.717) is 12.1 Å². The van der Waals surface area contributed by atoms with Gasteiger partial charge >= 0.3 is 0 Å². The SMILES string of the molecule is CC[C@H](C)NC(=O)c1ccc2c(c1)N(Cc1ccc(F)cc1)CCS2. The molecule has 1 aliphatic heterocycles. The lowest BCUT2D eigenvalue weighted by molar-refractivity contribution is 0.0939. The lowest BCUT2D eigenvalue weighted by atomic mass is 10.1. The van der Waals surface area contributed by atoms with Gasteiger partial charge in [0.05, 0.1) is 5.69 Å². The second kappa shape index (κ2) is 7.91.